The van der Waals surface area contributed by atoms with Crippen LogP contribution in [-0.4, -0.2) is 40.9 Å². The highest BCUT2D eigenvalue weighted by Gasteiger charge is 2.12. The van der Waals surface area contributed by atoms with Gasteiger partial charge in [-0.15, -0.1) is 10.2 Å². The lowest BCUT2D eigenvalue weighted by Gasteiger charge is -2.22. The predicted octanol–water partition coefficient (Wildman–Crippen LogP) is 5.35. The van der Waals surface area contributed by atoms with E-state index in [1.165, 1.54) is 61.4 Å². The highest BCUT2D eigenvalue weighted by Crippen LogP contribution is 2.29. The first kappa shape index (κ1) is 24.0. The van der Waals surface area contributed by atoms with E-state index >= 15 is 0 Å². The summed E-state index contributed by atoms with van der Waals surface area (Å²) in [7, 11) is 0. The number of anilines is 5. The van der Waals surface area contributed by atoms with Gasteiger partial charge in [-0.2, -0.15) is 0 Å². The number of thioether (sulfide) groups is 1. The highest BCUT2D eigenvalue weighted by molar-refractivity contribution is 8.01. The van der Waals surface area contributed by atoms with Crippen LogP contribution in [0, 0.1) is 0 Å². The second-order valence-corrected chi connectivity index (χ2v) is 10.2. The number of nitrogens with zero attached hydrogens (tertiary/aromatic N) is 3. The van der Waals surface area contributed by atoms with Gasteiger partial charge in [0.05, 0.1) is 5.75 Å². The lowest BCUT2D eigenvalue weighted by atomic mass is 10.2. The van der Waals surface area contributed by atoms with Crippen LogP contribution in [0.1, 0.15) is 32.6 Å². The molecule has 0 bridgehead atoms. The fourth-order valence-electron chi connectivity index (χ4n) is 3.73. The molecular formula is C24H28N6O2S2. The average Bonchev–Trinajstić information content (AvgIpc) is 3.08. The molecule has 0 aliphatic carbocycles. The lowest BCUT2D eigenvalue weighted by molar-refractivity contribution is -0.114. The van der Waals surface area contributed by atoms with Crippen molar-refractivity contribution in [1.29, 1.82) is 0 Å². The molecule has 0 atom stereocenters. The summed E-state index contributed by atoms with van der Waals surface area (Å²) in [5, 5.41) is 17.8. The smallest absolute Gasteiger partial charge is 0.234 e. The molecule has 1 aromatic heterocycles. The molecule has 0 unspecified atom stereocenters. The summed E-state index contributed by atoms with van der Waals surface area (Å²) in [6.45, 7) is 3.67. The van der Waals surface area contributed by atoms with Crippen molar-refractivity contribution in [1.82, 2.24) is 10.2 Å². The topological polar surface area (TPSA) is 99.2 Å². The zero-order chi connectivity index (χ0) is 23.8. The molecule has 2 heterocycles. The average molecular weight is 497 g/mol. The standard InChI is InChI=1S/C24H28N6O2S2/c1-17(31)25-19-7-6-8-20(15-19)27-23-28-29-24(34-23)33-16-22(32)26-18-9-11-21(12-10-18)30-13-4-2-3-5-14-30/h6-12,15H,2-5,13-14,16H2,1H3,(H,25,31)(H,26,32)(H,27,28). The van der Waals surface area contributed by atoms with Gasteiger partial charge in [-0.1, -0.05) is 42.0 Å². The molecule has 3 N–H and O–H groups in total. The fourth-order valence-corrected chi connectivity index (χ4v) is 5.30. The Hall–Kier alpha value is -3.11. The molecule has 3 aromatic rings. The second-order valence-electron chi connectivity index (χ2n) is 8.05. The van der Waals surface area contributed by atoms with Crippen LogP contribution < -0.4 is 20.9 Å². The molecule has 4 rings (SSSR count). The van der Waals surface area contributed by atoms with Gasteiger partial charge in [-0.05, 0) is 55.3 Å². The van der Waals surface area contributed by atoms with Crippen LogP contribution in [0.25, 0.3) is 0 Å². The Kier molecular flexibility index (Phi) is 8.37. The maximum Gasteiger partial charge on any atom is 0.234 e. The predicted molar refractivity (Wildman–Crippen MR) is 140 cm³/mol. The van der Waals surface area contributed by atoms with Gasteiger partial charge < -0.3 is 20.9 Å². The summed E-state index contributed by atoms with van der Waals surface area (Å²) in [6.07, 6.45) is 5.09. The molecule has 10 heteroatoms. The Morgan fingerprint density at radius 1 is 0.941 bits per heavy atom. The normalized spacial score (nSPS) is 13.7. The maximum atomic E-state index is 12.4. The Morgan fingerprint density at radius 2 is 1.68 bits per heavy atom. The Balaban J connectivity index is 1.25. The molecule has 178 valence electrons. The van der Waals surface area contributed by atoms with E-state index < -0.39 is 0 Å². The van der Waals surface area contributed by atoms with Crippen LogP contribution in [0.3, 0.4) is 0 Å². The van der Waals surface area contributed by atoms with Crippen LogP contribution in [0.4, 0.5) is 27.9 Å². The van der Waals surface area contributed by atoms with Crippen LogP contribution in [0.2, 0.25) is 0 Å². The zero-order valence-electron chi connectivity index (χ0n) is 19.0. The van der Waals surface area contributed by atoms with E-state index in [4.69, 9.17) is 0 Å². The summed E-state index contributed by atoms with van der Waals surface area (Å²) in [5.41, 5.74) is 3.50. The SMILES string of the molecule is CC(=O)Nc1cccc(Nc2nnc(SCC(=O)Nc3ccc(N4CCCCCC4)cc3)s2)c1. The van der Waals surface area contributed by atoms with E-state index in [-0.39, 0.29) is 17.6 Å². The van der Waals surface area contributed by atoms with Crippen molar-refractivity contribution in [3.05, 3.63) is 48.5 Å². The number of hydrogen-bond acceptors (Lipinski definition) is 8. The van der Waals surface area contributed by atoms with Crippen molar-refractivity contribution < 1.29 is 9.59 Å². The fraction of sp³-hybridized carbons (Fsp3) is 0.333. The molecule has 1 aliphatic rings. The Bertz CT molecular complexity index is 1110. The largest absolute Gasteiger partial charge is 0.372 e. The first-order valence-electron chi connectivity index (χ1n) is 11.3. The van der Waals surface area contributed by atoms with E-state index in [9.17, 15) is 9.59 Å². The van der Waals surface area contributed by atoms with Crippen molar-refractivity contribution in [2.75, 3.05) is 39.7 Å². The van der Waals surface area contributed by atoms with Gasteiger partial charge in [0.15, 0.2) is 4.34 Å². The van der Waals surface area contributed by atoms with Crippen molar-refractivity contribution in [3.63, 3.8) is 0 Å². The van der Waals surface area contributed by atoms with E-state index in [0.29, 0.717) is 15.2 Å². The van der Waals surface area contributed by atoms with Gasteiger partial charge in [-0.25, -0.2) is 0 Å². The third-order valence-corrected chi connectivity index (χ3v) is 7.26. The van der Waals surface area contributed by atoms with Crippen LogP contribution in [0.5, 0.6) is 0 Å². The minimum absolute atomic E-state index is 0.0831. The number of hydrogen-bond donors (Lipinski definition) is 3. The molecule has 1 aliphatic heterocycles. The summed E-state index contributed by atoms with van der Waals surface area (Å²) in [6, 6.07) is 15.4. The molecule has 0 radical (unpaired) electrons. The third-order valence-electron chi connectivity index (χ3n) is 5.29. The van der Waals surface area contributed by atoms with Crippen molar-refractivity contribution >= 4 is 62.8 Å². The second kappa shape index (κ2) is 11.8. The summed E-state index contributed by atoms with van der Waals surface area (Å²) in [4.78, 5) is 26.1. The third kappa shape index (κ3) is 7.19. The van der Waals surface area contributed by atoms with Gasteiger partial charge in [-0.3, -0.25) is 9.59 Å². The number of benzene rings is 2. The van der Waals surface area contributed by atoms with Gasteiger partial charge in [0.2, 0.25) is 16.9 Å². The first-order chi connectivity index (χ1) is 16.5. The summed E-state index contributed by atoms with van der Waals surface area (Å²) in [5.74, 6) is 0.0409. The van der Waals surface area contributed by atoms with Crippen LogP contribution >= 0.6 is 23.1 Å². The number of carbonyl (C=O) groups excluding carboxylic acids is 2. The number of amides is 2. The molecular weight excluding hydrogens is 468 g/mol. The van der Waals surface area contributed by atoms with Crippen LogP contribution in [0.15, 0.2) is 52.9 Å². The van der Waals surface area contributed by atoms with Crippen molar-refractivity contribution in [3.8, 4) is 0 Å². The van der Waals surface area contributed by atoms with Crippen molar-refractivity contribution in [2.45, 2.75) is 36.9 Å². The van der Waals surface area contributed by atoms with E-state index in [0.717, 1.165) is 24.5 Å². The molecule has 1 fully saturated rings. The number of aromatic nitrogens is 2. The first-order valence-corrected chi connectivity index (χ1v) is 13.1. The zero-order valence-corrected chi connectivity index (χ0v) is 20.7. The molecule has 2 aromatic carbocycles. The summed E-state index contributed by atoms with van der Waals surface area (Å²) < 4.78 is 0.701. The van der Waals surface area contributed by atoms with Gasteiger partial charge in [0.1, 0.15) is 0 Å². The van der Waals surface area contributed by atoms with Crippen molar-refractivity contribution in [2.24, 2.45) is 0 Å². The lowest BCUT2D eigenvalue weighted by Crippen LogP contribution is -2.23. The summed E-state index contributed by atoms with van der Waals surface area (Å²) >= 11 is 2.72. The molecule has 0 saturated carbocycles. The highest BCUT2D eigenvalue weighted by atomic mass is 32.2. The monoisotopic (exact) mass is 496 g/mol. The number of carbonyl (C=O) groups is 2. The quantitative estimate of drug-likeness (QED) is 0.362. The van der Waals surface area contributed by atoms with Gasteiger partial charge in [0.25, 0.3) is 0 Å². The van der Waals surface area contributed by atoms with Gasteiger partial charge >= 0.3 is 0 Å². The minimum atomic E-state index is -0.127. The number of nitrogens with one attached hydrogen (secondary N) is 3. The molecule has 34 heavy (non-hydrogen) atoms. The van der Waals surface area contributed by atoms with Crippen LogP contribution in [-0.2, 0) is 9.59 Å². The minimum Gasteiger partial charge on any atom is -0.372 e. The Labute approximate surface area is 207 Å². The molecule has 0 spiro atoms. The number of rotatable bonds is 8. The maximum absolute atomic E-state index is 12.4. The van der Waals surface area contributed by atoms with E-state index in [1.807, 2.05) is 36.4 Å². The van der Waals surface area contributed by atoms with Gasteiger partial charge in [0, 0.05) is 42.8 Å². The molecule has 2 amide bonds. The Morgan fingerprint density at radius 3 is 2.41 bits per heavy atom. The van der Waals surface area contributed by atoms with E-state index in [2.05, 4.69) is 43.2 Å². The van der Waals surface area contributed by atoms with E-state index in [1.54, 1.807) is 0 Å². The molecule has 1 saturated heterocycles. The molecule has 8 nitrogen and oxygen atoms in total.